The second kappa shape index (κ2) is 7.98. The number of hydrogen-bond acceptors (Lipinski definition) is 1. The molecule has 0 saturated carbocycles. The van der Waals surface area contributed by atoms with Crippen LogP contribution in [0.3, 0.4) is 0 Å². The Labute approximate surface area is 132 Å². The van der Waals surface area contributed by atoms with Crippen molar-refractivity contribution < 1.29 is 0 Å². The second-order valence-corrected chi connectivity index (χ2v) is 7.55. The normalized spacial score (nSPS) is 12.2. The molecule has 0 aliphatic rings. The molecule has 0 aliphatic carbocycles. The molecule has 1 heteroatoms. The summed E-state index contributed by atoms with van der Waals surface area (Å²) in [6, 6.07) is 4.93. The van der Waals surface area contributed by atoms with Crippen molar-refractivity contribution in [2.24, 2.45) is 0 Å². The van der Waals surface area contributed by atoms with Gasteiger partial charge in [0.2, 0.25) is 0 Å². The summed E-state index contributed by atoms with van der Waals surface area (Å²) in [4.78, 5) is 2.28. The molecule has 0 spiro atoms. The van der Waals surface area contributed by atoms with Crippen LogP contribution in [0.25, 0.3) is 0 Å². The van der Waals surface area contributed by atoms with Crippen molar-refractivity contribution in [1.82, 2.24) is 4.90 Å². The van der Waals surface area contributed by atoms with Gasteiger partial charge in [0.05, 0.1) is 0 Å². The van der Waals surface area contributed by atoms with Crippen LogP contribution < -0.4 is 0 Å². The fourth-order valence-corrected chi connectivity index (χ4v) is 2.97. The molecule has 1 aromatic carbocycles. The molecule has 1 rings (SSSR count). The smallest absolute Gasteiger partial charge is 0.00217 e. The van der Waals surface area contributed by atoms with Gasteiger partial charge in [0.25, 0.3) is 0 Å². The Morgan fingerprint density at radius 3 is 1.62 bits per heavy atom. The average molecular weight is 290 g/mol. The van der Waals surface area contributed by atoms with Crippen LogP contribution in [0.1, 0.15) is 88.0 Å². The van der Waals surface area contributed by atoms with Gasteiger partial charge >= 0.3 is 0 Å². The van der Waals surface area contributed by atoms with Gasteiger partial charge in [-0.1, -0.05) is 53.7 Å². The molecular formula is C20H35N. The van der Waals surface area contributed by atoms with Crippen molar-refractivity contribution in [2.45, 2.75) is 72.1 Å². The molecular weight excluding hydrogens is 254 g/mol. The third-order valence-corrected chi connectivity index (χ3v) is 4.28. The molecule has 0 unspecified atom stereocenters. The van der Waals surface area contributed by atoms with Gasteiger partial charge in [-0.25, -0.2) is 0 Å². The maximum atomic E-state index is 2.46. The standard InChI is InChI=1S/C20H35N/c1-14(2)17-12-19(15(3)4)18(10-9-11-21(7)8)20(13-17)16(5)6/h12-16H,9-11H2,1-8H3. The number of nitrogens with zero attached hydrogens (tertiary/aromatic N) is 1. The largest absolute Gasteiger partial charge is 0.309 e. The highest BCUT2D eigenvalue weighted by molar-refractivity contribution is 5.43. The lowest BCUT2D eigenvalue weighted by molar-refractivity contribution is 0.399. The van der Waals surface area contributed by atoms with Crippen molar-refractivity contribution in [2.75, 3.05) is 20.6 Å². The minimum Gasteiger partial charge on any atom is -0.309 e. The molecule has 0 fully saturated rings. The van der Waals surface area contributed by atoms with E-state index in [2.05, 4.69) is 72.7 Å². The lowest BCUT2D eigenvalue weighted by atomic mass is 9.83. The number of rotatable bonds is 7. The molecule has 0 N–H and O–H groups in total. The Bertz CT molecular complexity index is 412. The van der Waals surface area contributed by atoms with E-state index in [1.165, 1.54) is 24.9 Å². The highest BCUT2D eigenvalue weighted by Crippen LogP contribution is 2.32. The molecule has 1 nitrogen and oxygen atoms in total. The monoisotopic (exact) mass is 289 g/mol. The molecule has 21 heavy (non-hydrogen) atoms. The van der Waals surface area contributed by atoms with Gasteiger partial charge in [0.15, 0.2) is 0 Å². The third-order valence-electron chi connectivity index (χ3n) is 4.28. The predicted octanol–water partition coefficient (Wildman–Crippen LogP) is 5.55. The van der Waals surface area contributed by atoms with Crippen LogP contribution in [0.4, 0.5) is 0 Å². The van der Waals surface area contributed by atoms with Crippen molar-refractivity contribution in [3.8, 4) is 0 Å². The van der Waals surface area contributed by atoms with E-state index in [1.54, 1.807) is 16.7 Å². The van der Waals surface area contributed by atoms with E-state index >= 15 is 0 Å². The van der Waals surface area contributed by atoms with E-state index in [0.717, 1.165) is 0 Å². The van der Waals surface area contributed by atoms with Gasteiger partial charge in [-0.05, 0) is 73.5 Å². The van der Waals surface area contributed by atoms with Gasteiger partial charge < -0.3 is 4.90 Å². The summed E-state index contributed by atoms with van der Waals surface area (Å²) in [5.41, 5.74) is 6.26. The van der Waals surface area contributed by atoms with Gasteiger partial charge in [0, 0.05) is 0 Å². The van der Waals surface area contributed by atoms with Crippen LogP contribution in [0.5, 0.6) is 0 Å². The van der Waals surface area contributed by atoms with E-state index in [-0.39, 0.29) is 0 Å². The minimum absolute atomic E-state index is 0.607. The Morgan fingerprint density at radius 1 is 0.810 bits per heavy atom. The molecule has 0 radical (unpaired) electrons. The Morgan fingerprint density at radius 2 is 1.29 bits per heavy atom. The van der Waals surface area contributed by atoms with Gasteiger partial charge in [0.1, 0.15) is 0 Å². The first-order chi connectivity index (χ1) is 9.73. The van der Waals surface area contributed by atoms with Gasteiger partial charge in [-0.3, -0.25) is 0 Å². The number of hydrogen-bond donors (Lipinski definition) is 0. The van der Waals surface area contributed by atoms with Gasteiger partial charge in [-0.15, -0.1) is 0 Å². The van der Waals surface area contributed by atoms with Crippen LogP contribution >= 0.6 is 0 Å². The first-order valence-corrected chi connectivity index (χ1v) is 8.55. The molecule has 1 aromatic rings. The summed E-state index contributed by atoms with van der Waals surface area (Å²) in [6.45, 7) is 15.1. The van der Waals surface area contributed by atoms with Crippen LogP contribution in [-0.4, -0.2) is 25.5 Å². The fourth-order valence-electron chi connectivity index (χ4n) is 2.97. The topological polar surface area (TPSA) is 3.24 Å². The van der Waals surface area contributed by atoms with Crippen molar-refractivity contribution in [1.29, 1.82) is 0 Å². The van der Waals surface area contributed by atoms with E-state index in [1.807, 2.05) is 0 Å². The maximum Gasteiger partial charge on any atom is -0.00217 e. The SMILES string of the molecule is CC(C)c1cc(C(C)C)c(CCCN(C)C)c(C(C)C)c1. The highest BCUT2D eigenvalue weighted by Gasteiger charge is 2.16. The summed E-state index contributed by atoms with van der Waals surface area (Å²) in [5, 5.41) is 0. The summed E-state index contributed by atoms with van der Waals surface area (Å²) < 4.78 is 0. The number of benzene rings is 1. The van der Waals surface area contributed by atoms with E-state index in [4.69, 9.17) is 0 Å². The minimum atomic E-state index is 0.607. The molecule has 0 atom stereocenters. The Hall–Kier alpha value is -0.820. The maximum absolute atomic E-state index is 2.46. The summed E-state index contributed by atoms with van der Waals surface area (Å²) in [6.07, 6.45) is 2.45. The highest BCUT2D eigenvalue weighted by atomic mass is 15.0. The summed E-state index contributed by atoms with van der Waals surface area (Å²) in [5.74, 6) is 1.82. The first kappa shape index (κ1) is 18.2. The van der Waals surface area contributed by atoms with Crippen LogP contribution in [0, 0.1) is 0 Å². The molecule has 0 aliphatic heterocycles. The summed E-state index contributed by atoms with van der Waals surface area (Å²) >= 11 is 0. The van der Waals surface area contributed by atoms with Crippen molar-refractivity contribution in [3.63, 3.8) is 0 Å². The lowest BCUT2D eigenvalue weighted by Gasteiger charge is -2.23. The molecule has 0 saturated heterocycles. The first-order valence-electron chi connectivity index (χ1n) is 8.55. The van der Waals surface area contributed by atoms with Gasteiger partial charge in [-0.2, -0.15) is 0 Å². The van der Waals surface area contributed by atoms with E-state index < -0.39 is 0 Å². The quantitative estimate of drug-likeness (QED) is 0.636. The van der Waals surface area contributed by atoms with Crippen molar-refractivity contribution in [3.05, 3.63) is 34.4 Å². The predicted molar refractivity (Wildman–Crippen MR) is 95.6 cm³/mol. The molecule has 0 heterocycles. The zero-order chi connectivity index (χ0) is 16.2. The zero-order valence-corrected chi connectivity index (χ0v) is 15.5. The van der Waals surface area contributed by atoms with Crippen molar-refractivity contribution >= 4 is 0 Å². The summed E-state index contributed by atoms with van der Waals surface area (Å²) in [7, 11) is 4.32. The van der Waals surface area contributed by atoms with E-state index in [0.29, 0.717) is 17.8 Å². The Kier molecular flexibility index (Phi) is 6.93. The fraction of sp³-hybridized carbons (Fsp3) is 0.700. The van der Waals surface area contributed by atoms with E-state index in [9.17, 15) is 0 Å². The van der Waals surface area contributed by atoms with Crippen LogP contribution in [0.15, 0.2) is 12.1 Å². The third kappa shape index (κ3) is 5.14. The average Bonchev–Trinajstić information content (AvgIpc) is 2.37. The molecule has 120 valence electrons. The molecule has 0 amide bonds. The van der Waals surface area contributed by atoms with Crippen LogP contribution in [0.2, 0.25) is 0 Å². The molecule has 0 aromatic heterocycles. The second-order valence-electron chi connectivity index (χ2n) is 7.55. The lowest BCUT2D eigenvalue weighted by Crippen LogP contribution is -2.15. The molecule has 0 bridgehead atoms. The van der Waals surface area contributed by atoms with Crippen LogP contribution in [-0.2, 0) is 6.42 Å². The zero-order valence-electron chi connectivity index (χ0n) is 15.5. The Balaban J connectivity index is 3.22.